The van der Waals surface area contributed by atoms with Crippen molar-refractivity contribution in [3.05, 3.63) is 35.1 Å². The number of aryl methyl sites for hydroxylation is 1. The first-order chi connectivity index (χ1) is 7.54. The molecule has 1 aromatic carbocycles. The average Bonchev–Trinajstić information content (AvgIpc) is 2.17. The summed E-state index contributed by atoms with van der Waals surface area (Å²) >= 11 is 0. The van der Waals surface area contributed by atoms with Crippen LogP contribution in [-0.2, 0) is 0 Å². The second-order valence-electron chi connectivity index (χ2n) is 4.74. The molecule has 0 fully saturated rings. The molecule has 1 rings (SSSR count). The van der Waals surface area contributed by atoms with Crippen molar-refractivity contribution >= 4 is 0 Å². The molecule has 1 nitrogen and oxygen atoms in total. The van der Waals surface area contributed by atoms with E-state index in [0.717, 1.165) is 17.5 Å². The second-order valence-corrected chi connectivity index (χ2v) is 4.74. The van der Waals surface area contributed by atoms with Gasteiger partial charge in [-0.05, 0) is 42.5 Å². The van der Waals surface area contributed by atoms with Gasteiger partial charge in [0.25, 0.3) is 0 Å². The lowest BCUT2D eigenvalue weighted by Gasteiger charge is -2.18. The highest BCUT2D eigenvalue weighted by atomic mass is 19.1. The van der Waals surface area contributed by atoms with Gasteiger partial charge in [-0.25, -0.2) is 4.39 Å². The van der Waals surface area contributed by atoms with Crippen LogP contribution in [0.15, 0.2) is 18.2 Å². The molecule has 0 saturated heterocycles. The van der Waals surface area contributed by atoms with Crippen LogP contribution in [0.3, 0.4) is 0 Å². The fraction of sp³-hybridized carbons (Fsp3) is 0.571. The van der Waals surface area contributed by atoms with Crippen LogP contribution in [0.1, 0.15) is 50.3 Å². The molecule has 16 heavy (non-hydrogen) atoms. The molecule has 0 heterocycles. The number of hydrogen-bond donors (Lipinski definition) is 1. The molecule has 90 valence electrons. The number of hydrogen-bond acceptors (Lipinski definition) is 1. The quantitative estimate of drug-likeness (QED) is 0.803. The molecule has 0 aromatic heterocycles. The van der Waals surface area contributed by atoms with Gasteiger partial charge in [-0.1, -0.05) is 32.8 Å². The van der Waals surface area contributed by atoms with Gasteiger partial charge in [-0.15, -0.1) is 0 Å². The number of halogens is 1. The molecule has 0 saturated carbocycles. The lowest BCUT2D eigenvalue weighted by Crippen LogP contribution is -2.15. The standard InChI is InChI=1S/C14H22FN/c1-4-5-10(2)8-14(16)13-7-6-12(15)9-11(13)3/h6-7,9-10,14H,4-5,8,16H2,1-3H3. The molecule has 1 aromatic rings. The smallest absolute Gasteiger partial charge is 0.123 e. The maximum atomic E-state index is 13.0. The fourth-order valence-corrected chi connectivity index (χ4v) is 2.23. The Morgan fingerprint density at radius 3 is 2.62 bits per heavy atom. The summed E-state index contributed by atoms with van der Waals surface area (Å²) in [7, 11) is 0. The van der Waals surface area contributed by atoms with Crippen LogP contribution in [0, 0.1) is 18.7 Å². The number of rotatable bonds is 5. The predicted molar refractivity (Wildman–Crippen MR) is 66.8 cm³/mol. The van der Waals surface area contributed by atoms with Crippen LogP contribution < -0.4 is 5.73 Å². The first-order valence-electron chi connectivity index (χ1n) is 6.06. The van der Waals surface area contributed by atoms with Crippen LogP contribution in [0.25, 0.3) is 0 Å². The van der Waals surface area contributed by atoms with Crippen LogP contribution in [-0.4, -0.2) is 0 Å². The van der Waals surface area contributed by atoms with Crippen molar-refractivity contribution in [2.45, 2.75) is 46.1 Å². The molecule has 2 atom stereocenters. The van der Waals surface area contributed by atoms with Crippen LogP contribution in [0.4, 0.5) is 4.39 Å². The van der Waals surface area contributed by atoms with E-state index in [-0.39, 0.29) is 11.9 Å². The topological polar surface area (TPSA) is 26.0 Å². The van der Waals surface area contributed by atoms with Gasteiger partial charge in [-0.2, -0.15) is 0 Å². The summed E-state index contributed by atoms with van der Waals surface area (Å²) in [6.07, 6.45) is 3.37. The first kappa shape index (κ1) is 13.2. The zero-order chi connectivity index (χ0) is 12.1. The van der Waals surface area contributed by atoms with E-state index in [9.17, 15) is 4.39 Å². The van der Waals surface area contributed by atoms with Crippen molar-refractivity contribution in [2.75, 3.05) is 0 Å². The highest BCUT2D eigenvalue weighted by Gasteiger charge is 2.12. The Morgan fingerprint density at radius 2 is 2.06 bits per heavy atom. The number of benzene rings is 1. The molecular formula is C14H22FN. The van der Waals surface area contributed by atoms with Gasteiger partial charge in [0.15, 0.2) is 0 Å². The molecular weight excluding hydrogens is 201 g/mol. The Hall–Kier alpha value is -0.890. The van der Waals surface area contributed by atoms with E-state index >= 15 is 0 Å². The Bertz CT molecular complexity index is 336. The zero-order valence-corrected chi connectivity index (χ0v) is 10.5. The van der Waals surface area contributed by atoms with E-state index in [0.29, 0.717) is 5.92 Å². The Morgan fingerprint density at radius 1 is 1.38 bits per heavy atom. The Kier molecular flexibility index (Phi) is 4.94. The van der Waals surface area contributed by atoms with Crippen LogP contribution in [0.5, 0.6) is 0 Å². The summed E-state index contributed by atoms with van der Waals surface area (Å²) < 4.78 is 13.0. The first-order valence-corrected chi connectivity index (χ1v) is 6.06. The van der Waals surface area contributed by atoms with E-state index in [1.165, 1.54) is 18.9 Å². The predicted octanol–water partition coefficient (Wildman–Crippen LogP) is 3.96. The van der Waals surface area contributed by atoms with E-state index in [1.807, 2.05) is 13.0 Å². The zero-order valence-electron chi connectivity index (χ0n) is 10.5. The molecule has 0 bridgehead atoms. The Balaban J connectivity index is 2.69. The largest absolute Gasteiger partial charge is 0.324 e. The van der Waals surface area contributed by atoms with E-state index < -0.39 is 0 Å². The molecule has 2 N–H and O–H groups in total. The van der Waals surface area contributed by atoms with Crippen molar-refractivity contribution in [2.24, 2.45) is 11.7 Å². The highest BCUT2D eigenvalue weighted by Crippen LogP contribution is 2.24. The third-order valence-electron chi connectivity index (χ3n) is 3.07. The van der Waals surface area contributed by atoms with E-state index in [4.69, 9.17) is 5.73 Å². The molecule has 0 aliphatic rings. The lowest BCUT2D eigenvalue weighted by molar-refractivity contribution is 0.439. The summed E-state index contributed by atoms with van der Waals surface area (Å²) in [5.74, 6) is 0.444. The minimum atomic E-state index is -0.185. The molecule has 0 amide bonds. The third-order valence-corrected chi connectivity index (χ3v) is 3.07. The summed E-state index contributed by atoms with van der Waals surface area (Å²) in [6, 6.07) is 4.89. The van der Waals surface area contributed by atoms with Crippen molar-refractivity contribution in [3.63, 3.8) is 0 Å². The summed E-state index contributed by atoms with van der Waals surface area (Å²) in [5.41, 5.74) is 8.18. The Labute approximate surface area is 97.9 Å². The van der Waals surface area contributed by atoms with Crippen LogP contribution in [0.2, 0.25) is 0 Å². The molecule has 0 aliphatic carbocycles. The minimum Gasteiger partial charge on any atom is -0.324 e. The maximum Gasteiger partial charge on any atom is 0.123 e. The van der Waals surface area contributed by atoms with Gasteiger partial charge in [0, 0.05) is 6.04 Å². The minimum absolute atomic E-state index is 0.0298. The van der Waals surface area contributed by atoms with E-state index in [2.05, 4.69) is 13.8 Å². The molecule has 0 aliphatic heterocycles. The summed E-state index contributed by atoms with van der Waals surface area (Å²) in [4.78, 5) is 0. The van der Waals surface area contributed by atoms with Gasteiger partial charge >= 0.3 is 0 Å². The van der Waals surface area contributed by atoms with Crippen molar-refractivity contribution in [3.8, 4) is 0 Å². The van der Waals surface area contributed by atoms with Gasteiger partial charge in [-0.3, -0.25) is 0 Å². The number of nitrogens with two attached hydrogens (primary N) is 1. The van der Waals surface area contributed by atoms with Gasteiger partial charge in [0.05, 0.1) is 0 Å². The van der Waals surface area contributed by atoms with Crippen molar-refractivity contribution in [1.82, 2.24) is 0 Å². The lowest BCUT2D eigenvalue weighted by atomic mass is 9.91. The van der Waals surface area contributed by atoms with Gasteiger partial charge < -0.3 is 5.73 Å². The third kappa shape index (κ3) is 3.60. The average molecular weight is 223 g/mol. The molecule has 2 unspecified atom stereocenters. The molecule has 2 heteroatoms. The normalized spacial score (nSPS) is 14.8. The monoisotopic (exact) mass is 223 g/mol. The fourth-order valence-electron chi connectivity index (χ4n) is 2.23. The second kappa shape index (κ2) is 6.00. The molecule has 0 radical (unpaired) electrons. The van der Waals surface area contributed by atoms with Gasteiger partial charge in [0.2, 0.25) is 0 Å². The van der Waals surface area contributed by atoms with Crippen molar-refractivity contribution < 1.29 is 4.39 Å². The highest BCUT2D eigenvalue weighted by molar-refractivity contribution is 5.29. The SMILES string of the molecule is CCCC(C)CC(N)c1ccc(F)cc1C. The molecule has 0 spiro atoms. The van der Waals surface area contributed by atoms with Crippen molar-refractivity contribution in [1.29, 1.82) is 0 Å². The van der Waals surface area contributed by atoms with E-state index in [1.54, 1.807) is 6.07 Å². The van der Waals surface area contributed by atoms with Crippen LogP contribution >= 0.6 is 0 Å². The van der Waals surface area contributed by atoms with Gasteiger partial charge in [0.1, 0.15) is 5.82 Å². The maximum absolute atomic E-state index is 13.0. The summed E-state index contributed by atoms with van der Waals surface area (Å²) in [5, 5.41) is 0. The summed E-state index contributed by atoms with van der Waals surface area (Å²) in [6.45, 7) is 6.33.